The Bertz CT molecular complexity index is 1390. The molecule has 0 N–H and O–H groups in total. The summed E-state index contributed by atoms with van der Waals surface area (Å²) in [4.78, 5) is 37.3. The monoisotopic (exact) mass is 996 g/mol. The molecule has 71 heavy (non-hydrogen) atoms. The van der Waals surface area contributed by atoms with E-state index in [0.717, 1.165) is 70.6 Å². The molecule has 0 saturated heterocycles. The smallest absolute Gasteiger partial charge is 0.306 e. The van der Waals surface area contributed by atoms with Crippen molar-refractivity contribution in [3.05, 3.63) is 72.9 Å². The van der Waals surface area contributed by atoms with Gasteiger partial charge >= 0.3 is 11.9 Å². The van der Waals surface area contributed by atoms with E-state index in [1.165, 1.54) is 141 Å². The zero-order valence-corrected chi connectivity index (χ0v) is 46.6. The van der Waals surface area contributed by atoms with Crippen LogP contribution in [0, 0.1) is 0 Å². The van der Waals surface area contributed by atoms with Crippen molar-refractivity contribution in [1.29, 1.82) is 0 Å². The van der Waals surface area contributed by atoms with Crippen LogP contribution in [0.15, 0.2) is 72.9 Å². The van der Waals surface area contributed by atoms with Crippen molar-refractivity contribution >= 4 is 17.9 Å². The Labute approximate surface area is 437 Å². The molecular weight excluding hydrogens is 887 g/mol. The van der Waals surface area contributed by atoms with Gasteiger partial charge in [0.1, 0.15) is 13.2 Å². The Morgan fingerprint density at radius 3 is 1.23 bits per heavy atom. The first kappa shape index (κ1) is 67.7. The van der Waals surface area contributed by atoms with Crippen LogP contribution in [0.2, 0.25) is 0 Å². The number of hydrogen-bond acceptors (Lipinski definition) is 8. The van der Waals surface area contributed by atoms with Crippen molar-refractivity contribution in [2.75, 3.05) is 47.5 Å². The van der Waals surface area contributed by atoms with E-state index in [-0.39, 0.29) is 38.6 Å². The van der Waals surface area contributed by atoms with Crippen molar-refractivity contribution in [2.45, 2.75) is 257 Å². The fourth-order valence-electron chi connectivity index (χ4n) is 7.97. The summed E-state index contributed by atoms with van der Waals surface area (Å²) in [6.07, 6.45) is 65.3. The van der Waals surface area contributed by atoms with Crippen LogP contribution >= 0.6 is 0 Å². The Morgan fingerprint density at radius 1 is 0.437 bits per heavy atom. The van der Waals surface area contributed by atoms with Crippen LogP contribution in [0.3, 0.4) is 0 Å². The number of likely N-dealkylation sites (N-methyl/N-ethyl adjacent to an activating group) is 1. The van der Waals surface area contributed by atoms with Crippen molar-refractivity contribution in [3.63, 3.8) is 0 Å². The third-order valence-electron chi connectivity index (χ3n) is 12.4. The lowest BCUT2D eigenvalue weighted by molar-refractivity contribution is -0.870. The highest BCUT2D eigenvalue weighted by Crippen LogP contribution is 2.16. The minimum atomic E-state index is -1.63. The lowest BCUT2D eigenvalue weighted by Crippen LogP contribution is -2.44. The number of carbonyl (C=O) groups excluding carboxylic acids is 3. The normalized spacial score (nSPS) is 13.3. The van der Waals surface area contributed by atoms with Crippen LogP contribution in [0.5, 0.6) is 0 Å². The van der Waals surface area contributed by atoms with Gasteiger partial charge in [-0.15, -0.1) is 0 Å². The second kappa shape index (κ2) is 53.0. The number of quaternary nitrogens is 1. The molecule has 0 rings (SSSR count). The van der Waals surface area contributed by atoms with E-state index in [2.05, 4.69) is 86.8 Å². The Morgan fingerprint density at radius 2 is 0.803 bits per heavy atom. The average Bonchev–Trinajstić information content (AvgIpc) is 3.34. The van der Waals surface area contributed by atoms with E-state index >= 15 is 0 Å². The van der Waals surface area contributed by atoms with Crippen molar-refractivity contribution in [2.24, 2.45) is 0 Å². The Kier molecular flexibility index (Phi) is 50.6. The van der Waals surface area contributed by atoms with Crippen molar-refractivity contribution in [1.82, 2.24) is 0 Å². The van der Waals surface area contributed by atoms with Crippen molar-refractivity contribution < 1.29 is 42.9 Å². The van der Waals surface area contributed by atoms with E-state index in [0.29, 0.717) is 17.4 Å². The van der Waals surface area contributed by atoms with Crippen molar-refractivity contribution in [3.8, 4) is 0 Å². The summed E-state index contributed by atoms with van der Waals surface area (Å²) in [6, 6.07) is 0. The van der Waals surface area contributed by atoms with Gasteiger partial charge in [0, 0.05) is 12.8 Å². The topological polar surface area (TPSA) is 111 Å². The molecule has 2 unspecified atom stereocenters. The molecule has 0 radical (unpaired) electrons. The summed E-state index contributed by atoms with van der Waals surface area (Å²) in [6.45, 7) is 4.61. The maximum atomic E-state index is 12.8. The molecule has 9 heteroatoms. The summed E-state index contributed by atoms with van der Waals surface area (Å²) < 4.78 is 22.7. The summed E-state index contributed by atoms with van der Waals surface area (Å²) in [5.74, 6) is -2.33. The molecule has 0 heterocycles. The number of hydrogen-bond donors (Lipinski definition) is 0. The molecule has 0 aliphatic heterocycles. The van der Waals surface area contributed by atoms with E-state index in [1.54, 1.807) is 0 Å². The molecule has 0 bridgehead atoms. The zero-order valence-electron chi connectivity index (χ0n) is 46.6. The predicted molar refractivity (Wildman–Crippen MR) is 297 cm³/mol. The molecule has 0 saturated carbocycles. The molecule has 0 spiro atoms. The number of aliphatic carboxylic acids is 1. The zero-order chi connectivity index (χ0) is 52.0. The van der Waals surface area contributed by atoms with Crippen LogP contribution in [-0.4, -0.2) is 82.3 Å². The number of ether oxygens (including phenoxy) is 4. The highest BCUT2D eigenvalue weighted by Gasteiger charge is 2.22. The summed E-state index contributed by atoms with van der Waals surface area (Å²) in [5.41, 5.74) is 0. The number of carbonyl (C=O) groups is 3. The summed E-state index contributed by atoms with van der Waals surface area (Å²) in [7, 11) is 5.91. The quantitative estimate of drug-likeness (QED) is 0.0195. The van der Waals surface area contributed by atoms with Gasteiger partial charge in [0.05, 0.1) is 40.3 Å². The number of allylic oxidation sites excluding steroid dienone is 12. The van der Waals surface area contributed by atoms with Crippen LogP contribution in [0.25, 0.3) is 0 Å². The van der Waals surface area contributed by atoms with Gasteiger partial charge < -0.3 is 33.3 Å². The molecule has 0 aromatic carbocycles. The van der Waals surface area contributed by atoms with Crippen LogP contribution in [-0.2, 0) is 33.3 Å². The second-order valence-corrected chi connectivity index (χ2v) is 20.5. The number of rotatable bonds is 53. The average molecular weight is 997 g/mol. The number of nitrogens with zero attached hydrogens (tertiary/aromatic N) is 1. The fraction of sp³-hybridized carbons (Fsp3) is 0.758. The van der Waals surface area contributed by atoms with E-state index in [9.17, 15) is 19.5 Å². The number of unbranched alkanes of at least 4 members (excludes halogenated alkanes) is 26. The first-order valence-corrected chi connectivity index (χ1v) is 29.1. The highest BCUT2D eigenvalue weighted by molar-refractivity contribution is 5.70. The minimum absolute atomic E-state index is 0.138. The lowest BCUT2D eigenvalue weighted by atomic mass is 10.0. The van der Waals surface area contributed by atoms with Gasteiger partial charge in [0.15, 0.2) is 12.4 Å². The molecule has 0 amide bonds. The number of carboxylic acid groups (broad SMARTS) is 1. The molecule has 9 nitrogen and oxygen atoms in total. The van der Waals surface area contributed by atoms with E-state index < -0.39 is 24.3 Å². The number of carboxylic acids is 1. The first-order chi connectivity index (χ1) is 34.6. The maximum absolute atomic E-state index is 12.8. The van der Waals surface area contributed by atoms with Crippen LogP contribution < -0.4 is 5.11 Å². The van der Waals surface area contributed by atoms with Gasteiger partial charge in [-0.25, -0.2) is 0 Å². The molecule has 0 aliphatic carbocycles. The highest BCUT2D eigenvalue weighted by atomic mass is 16.7. The molecule has 0 fully saturated rings. The van der Waals surface area contributed by atoms with Gasteiger partial charge in [-0.2, -0.15) is 0 Å². The molecule has 2 atom stereocenters. The van der Waals surface area contributed by atoms with E-state index in [1.807, 2.05) is 21.1 Å². The minimum Gasteiger partial charge on any atom is -0.545 e. The van der Waals surface area contributed by atoms with E-state index in [4.69, 9.17) is 18.9 Å². The molecular formula is C62H109NO8. The SMILES string of the molecule is CC/C=C\C/C=C\C/C=C\C/C=C\C/C=C\CCCCCC(=O)OC(COC(=O)CCCCCCCCCCCCCCCCC/C=C\CCCCCCCCCC)COC(OCC[N+](C)(C)C)C(=O)[O-]. The predicted octanol–water partition coefficient (Wildman–Crippen LogP) is 15.7. The van der Waals surface area contributed by atoms with Crippen LogP contribution in [0.4, 0.5) is 0 Å². The van der Waals surface area contributed by atoms with Crippen LogP contribution in [0.1, 0.15) is 245 Å². The summed E-state index contributed by atoms with van der Waals surface area (Å²) >= 11 is 0. The van der Waals surface area contributed by atoms with Gasteiger partial charge in [0.25, 0.3) is 0 Å². The molecule has 0 aromatic rings. The fourth-order valence-corrected chi connectivity index (χ4v) is 7.97. The third kappa shape index (κ3) is 54.3. The molecule has 0 aliphatic rings. The lowest BCUT2D eigenvalue weighted by Gasteiger charge is -2.26. The second-order valence-electron chi connectivity index (χ2n) is 20.5. The van der Waals surface area contributed by atoms with Gasteiger partial charge in [-0.05, 0) is 83.5 Å². The van der Waals surface area contributed by atoms with Gasteiger partial charge in [0.2, 0.25) is 0 Å². The first-order valence-electron chi connectivity index (χ1n) is 29.1. The number of esters is 2. The maximum Gasteiger partial charge on any atom is 0.306 e. The van der Waals surface area contributed by atoms with Gasteiger partial charge in [-0.1, -0.05) is 222 Å². The third-order valence-corrected chi connectivity index (χ3v) is 12.4. The largest absolute Gasteiger partial charge is 0.545 e. The molecule has 410 valence electrons. The Balaban J connectivity index is 4.24. The summed E-state index contributed by atoms with van der Waals surface area (Å²) in [5, 5.41) is 11.8. The Hall–Kier alpha value is -3.27. The van der Waals surface area contributed by atoms with Gasteiger partial charge in [-0.3, -0.25) is 9.59 Å². The molecule has 0 aromatic heterocycles. The standard InChI is InChI=1S/C62H109NO8/c1-6-8-10-12-14-16-18-20-22-24-26-27-28-29-30-31-32-33-35-36-38-40-42-44-46-48-50-52-59(64)69-56-58(57-70-62(61(66)67)68-55-54-63(3,4)5)71-60(65)53-51-49-47-45-43-41-39-37-34-25-23-21-19-17-15-13-11-9-7-2/h9,11,15,17,21,23-24,26,34,37,41,43,58,62H,6-8,10,12-14,16,18-20,22,25,27-33,35-36,38-40,42,44-57H2,1-5H3/b11-9-,17-15-,23-21-,26-24-,37-34-,43-41-.